The minimum atomic E-state index is -0.188. The maximum Gasteiger partial charge on any atom is 0.244 e. The fourth-order valence-corrected chi connectivity index (χ4v) is 3.03. The molecule has 2 unspecified atom stereocenters. The molecule has 1 aliphatic carbocycles. The van der Waals surface area contributed by atoms with Crippen LogP contribution in [0.3, 0.4) is 0 Å². The van der Waals surface area contributed by atoms with Crippen LogP contribution < -0.4 is 5.32 Å². The molecule has 0 radical (unpaired) electrons. The molecule has 2 aliphatic rings. The highest BCUT2D eigenvalue weighted by Gasteiger charge is 2.50. The predicted molar refractivity (Wildman–Crippen MR) is 65.0 cm³/mol. The van der Waals surface area contributed by atoms with Crippen molar-refractivity contribution in [2.24, 2.45) is 5.92 Å². The summed E-state index contributed by atoms with van der Waals surface area (Å²) >= 11 is 0. The van der Waals surface area contributed by atoms with Gasteiger partial charge in [-0.2, -0.15) is 0 Å². The number of carbonyl (C=O) groups is 1. The van der Waals surface area contributed by atoms with Gasteiger partial charge in [0.1, 0.15) is 0 Å². The average molecular weight is 224 g/mol. The first-order valence-corrected chi connectivity index (χ1v) is 6.68. The third kappa shape index (κ3) is 1.86. The second-order valence-electron chi connectivity index (χ2n) is 5.58. The molecule has 3 nitrogen and oxygen atoms in total. The van der Waals surface area contributed by atoms with E-state index in [0.29, 0.717) is 11.8 Å². The van der Waals surface area contributed by atoms with Crippen molar-refractivity contribution in [2.75, 3.05) is 6.54 Å². The summed E-state index contributed by atoms with van der Waals surface area (Å²) in [6, 6.07) is 0. The minimum absolute atomic E-state index is 0.188. The molecule has 92 valence electrons. The van der Waals surface area contributed by atoms with E-state index >= 15 is 0 Å². The molecule has 1 amide bonds. The Labute approximate surface area is 98.6 Å². The van der Waals surface area contributed by atoms with Gasteiger partial charge in [-0.15, -0.1) is 0 Å². The van der Waals surface area contributed by atoms with E-state index in [1.807, 2.05) is 0 Å². The fourth-order valence-electron chi connectivity index (χ4n) is 3.03. The Balaban J connectivity index is 2.07. The van der Waals surface area contributed by atoms with E-state index in [4.69, 9.17) is 0 Å². The Morgan fingerprint density at radius 2 is 2.12 bits per heavy atom. The molecule has 16 heavy (non-hydrogen) atoms. The molecular formula is C13H24N2O. The molecule has 0 bridgehead atoms. The Bertz CT molecular complexity index is 271. The van der Waals surface area contributed by atoms with Gasteiger partial charge in [-0.3, -0.25) is 10.1 Å². The van der Waals surface area contributed by atoms with Gasteiger partial charge < -0.3 is 4.90 Å². The second-order valence-corrected chi connectivity index (χ2v) is 5.58. The number of hydrogen-bond donors (Lipinski definition) is 1. The summed E-state index contributed by atoms with van der Waals surface area (Å²) in [6.45, 7) is 7.44. The standard InChI is InChI=1S/C13H24N2O/c1-4-10(2)9-15-11(3)14-13(12(15)16)7-5-6-8-13/h10-11,14H,4-9H2,1-3H3. The summed E-state index contributed by atoms with van der Waals surface area (Å²) in [4.78, 5) is 14.5. The van der Waals surface area contributed by atoms with E-state index in [9.17, 15) is 4.79 Å². The number of hydrogen-bond acceptors (Lipinski definition) is 2. The quantitative estimate of drug-likeness (QED) is 0.796. The fraction of sp³-hybridized carbons (Fsp3) is 0.923. The third-order valence-corrected chi connectivity index (χ3v) is 4.29. The molecule has 1 aliphatic heterocycles. The van der Waals surface area contributed by atoms with Crippen molar-refractivity contribution >= 4 is 5.91 Å². The molecule has 0 aromatic rings. The molecule has 1 saturated carbocycles. The van der Waals surface area contributed by atoms with Gasteiger partial charge in [0.25, 0.3) is 0 Å². The lowest BCUT2D eigenvalue weighted by Crippen LogP contribution is -2.44. The molecule has 2 atom stereocenters. The monoisotopic (exact) mass is 224 g/mol. The molecule has 1 saturated heterocycles. The predicted octanol–water partition coefficient (Wildman–Crippen LogP) is 2.12. The first-order valence-electron chi connectivity index (χ1n) is 6.68. The lowest BCUT2D eigenvalue weighted by Gasteiger charge is -2.24. The van der Waals surface area contributed by atoms with Crippen molar-refractivity contribution in [3.05, 3.63) is 0 Å². The maximum atomic E-state index is 12.5. The molecule has 0 aromatic carbocycles. The molecular weight excluding hydrogens is 200 g/mol. The van der Waals surface area contributed by atoms with Crippen LogP contribution in [0.15, 0.2) is 0 Å². The van der Waals surface area contributed by atoms with Gasteiger partial charge in [0.2, 0.25) is 5.91 Å². The van der Waals surface area contributed by atoms with E-state index in [1.165, 1.54) is 12.8 Å². The van der Waals surface area contributed by atoms with Crippen LogP contribution in [-0.4, -0.2) is 29.1 Å². The zero-order valence-corrected chi connectivity index (χ0v) is 10.8. The van der Waals surface area contributed by atoms with Crippen molar-refractivity contribution < 1.29 is 4.79 Å². The van der Waals surface area contributed by atoms with Crippen LogP contribution in [-0.2, 0) is 4.79 Å². The van der Waals surface area contributed by atoms with E-state index < -0.39 is 0 Å². The van der Waals surface area contributed by atoms with Crippen LogP contribution in [0.25, 0.3) is 0 Å². The lowest BCUT2D eigenvalue weighted by molar-refractivity contribution is -0.133. The third-order valence-electron chi connectivity index (χ3n) is 4.29. The summed E-state index contributed by atoms with van der Waals surface area (Å²) in [6.07, 6.45) is 5.83. The second kappa shape index (κ2) is 4.36. The van der Waals surface area contributed by atoms with Crippen molar-refractivity contribution in [1.82, 2.24) is 10.2 Å². The van der Waals surface area contributed by atoms with Gasteiger partial charge in [-0.05, 0) is 25.7 Å². The number of nitrogens with one attached hydrogen (secondary N) is 1. The average Bonchev–Trinajstić information content (AvgIpc) is 2.81. The van der Waals surface area contributed by atoms with E-state index in [1.54, 1.807) is 0 Å². The Morgan fingerprint density at radius 3 is 2.69 bits per heavy atom. The first-order chi connectivity index (χ1) is 7.59. The Kier molecular flexibility index (Phi) is 3.24. The van der Waals surface area contributed by atoms with E-state index in [-0.39, 0.29) is 11.7 Å². The Morgan fingerprint density at radius 1 is 1.50 bits per heavy atom. The summed E-state index contributed by atoms with van der Waals surface area (Å²) in [5.74, 6) is 0.961. The van der Waals surface area contributed by atoms with Gasteiger partial charge in [0.05, 0.1) is 11.7 Å². The summed E-state index contributed by atoms with van der Waals surface area (Å²) in [7, 11) is 0. The zero-order valence-electron chi connectivity index (χ0n) is 10.8. The number of rotatable bonds is 3. The summed E-state index contributed by atoms with van der Waals surface area (Å²) < 4.78 is 0. The molecule has 0 aromatic heterocycles. The van der Waals surface area contributed by atoms with Crippen molar-refractivity contribution in [1.29, 1.82) is 0 Å². The molecule has 1 spiro atoms. The highest BCUT2D eigenvalue weighted by molar-refractivity contribution is 5.89. The normalized spacial score (nSPS) is 30.3. The van der Waals surface area contributed by atoms with Crippen LogP contribution in [0.1, 0.15) is 52.9 Å². The highest BCUT2D eigenvalue weighted by Crippen LogP contribution is 2.36. The van der Waals surface area contributed by atoms with Crippen LogP contribution in [0.5, 0.6) is 0 Å². The summed E-state index contributed by atoms with van der Waals surface area (Å²) in [5, 5.41) is 3.53. The van der Waals surface area contributed by atoms with Gasteiger partial charge in [-0.25, -0.2) is 0 Å². The molecule has 2 rings (SSSR count). The summed E-state index contributed by atoms with van der Waals surface area (Å²) in [5.41, 5.74) is -0.188. The largest absolute Gasteiger partial charge is 0.326 e. The SMILES string of the molecule is CCC(C)CN1C(=O)C2(CCCC2)NC1C. The van der Waals surface area contributed by atoms with Crippen LogP contribution >= 0.6 is 0 Å². The van der Waals surface area contributed by atoms with Crippen molar-refractivity contribution in [3.8, 4) is 0 Å². The molecule has 1 heterocycles. The Hall–Kier alpha value is -0.570. The number of carbonyl (C=O) groups excluding carboxylic acids is 1. The van der Waals surface area contributed by atoms with Crippen molar-refractivity contribution in [3.63, 3.8) is 0 Å². The first kappa shape index (κ1) is 11.9. The van der Waals surface area contributed by atoms with E-state index in [2.05, 4.69) is 31.0 Å². The van der Waals surface area contributed by atoms with Crippen LogP contribution in [0, 0.1) is 5.92 Å². The van der Waals surface area contributed by atoms with Gasteiger partial charge in [0, 0.05) is 6.54 Å². The molecule has 3 heteroatoms. The smallest absolute Gasteiger partial charge is 0.244 e. The van der Waals surface area contributed by atoms with Gasteiger partial charge >= 0.3 is 0 Å². The lowest BCUT2D eigenvalue weighted by atomic mass is 9.97. The number of amides is 1. The van der Waals surface area contributed by atoms with Gasteiger partial charge in [0.15, 0.2) is 0 Å². The van der Waals surface area contributed by atoms with E-state index in [0.717, 1.165) is 25.8 Å². The zero-order chi connectivity index (χ0) is 11.8. The van der Waals surface area contributed by atoms with Crippen LogP contribution in [0.2, 0.25) is 0 Å². The minimum Gasteiger partial charge on any atom is -0.326 e. The van der Waals surface area contributed by atoms with Crippen LogP contribution in [0.4, 0.5) is 0 Å². The molecule has 1 N–H and O–H groups in total. The highest BCUT2D eigenvalue weighted by atomic mass is 16.2. The maximum absolute atomic E-state index is 12.5. The van der Waals surface area contributed by atoms with Crippen molar-refractivity contribution in [2.45, 2.75) is 64.6 Å². The number of nitrogens with zero attached hydrogens (tertiary/aromatic N) is 1. The van der Waals surface area contributed by atoms with Gasteiger partial charge in [-0.1, -0.05) is 33.1 Å². The topological polar surface area (TPSA) is 32.3 Å². The molecule has 2 fully saturated rings.